The molecule has 0 saturated heterocycles. The first-order chi connectivity index (χ1) is 10.1. The van der Waals surface area contributed by atoms with Crippen LogP contribution in [0, 0.1) is 26.5 Å². The SMILES string of the molecule is N#Cc1ccc(I)c(CCCOc2c(F)cccc2F)c1. The number of benzene rings is 2. The molecule has 5 heteroatoms. The highest BCUT2D eigenvalue weighted by molar-refractivity contribution is 14.1. The summed E-state index contributed by atoms with van der Waals surface area (Å²) in [6, 6.07) is 11.2. The van der Waals surface area contributed by atoms with E-state index in [-0.39, 0.29) is 12.4 Å². The number of hydrogen-bond donors (Lipinski definition) is 0. The molecular formula is C16H12F2INO. The molecule has 0 aromatic heterocycles. The number of halogens is 3. The Labute approximate surface area is 135 Å². The largest absolute Gasteiger partial charge is 0.488 e. The zero-order valence-corrected chi connectivity index (χ0v) is 13.2. The molecule has 21 heavy (non-hydrogen) atoms. The van der Waals surface area contributed by atoms with Crippen molar-refractivity contribution >= 4 is 22.6 Å². The Balaban J connectivity index is 1.92. The Bertz CT molecular complexity index is 662. The maximum absolute atomic E-state index is 13.4. The Morgan fingerprint density at radius 3 is 2.52 bits per heavy atom. The van der Waals surface area contributed by atoms with Crippen LogP contribution in [-0.4, -0.2) is 6.61 Å². The van der Waals surface area contributed by atoms with Gasteiger partial charge in [0.25, 0.3) is 0 Å². The summed E-state index contributed by atoms with van der Waals surface area (Å²) in [7, 11) is 0. The van der Waals surface area contributed by atoms with E-state index in [4.69, 9.17) is 10.00 Å². The molecule has 2 aromatic carbocycles. The van der Waals surface area contributed by atoms with Crippen molar-refractivity contribution in [2.24, 2.45) is 0 Å². The summed E-state index contributed by atoms with van der Waals surface area (Å²) in [6.07, 6.45) is 1.29. The van der Waals surface area contributed by atoms with Gasteiger partial charge >= 0.3 is 0 Å². The van der Waals surface area contributed by atoms with E-state index in [2.05, 4.69) is 28.7 Å². The highest BCUT2D eigenvalue weighted by Gasteiger charge is 2.09. The molecule has 2 aromatic rings. The van der Waals surface area contributed by atoms with E-state index in [1.165, 1.54) is 6.07 Å². The first-order valence-corrected chi connectivity index (χ1v) is 7.45. The molecule has 0 fully saturated rings. The summed E-state index contributed by atoms with van der Waals surface area (Å²) in [5.74, 6) is -1.73. The molecule has 0 unspecified atom stereocenters. The van der Waals surface area contributed by atoms with Crippen molar-refractivity contribution in [1.82, 2.24) is 0 Å². The lowest BCUT2D eigenvalue weighted by Crippen LogP contribution is -2.03. The Morgan fingerprint density at radius 1 is 1.14 bits per heavy atom. The lowest BCUT2D eigenvalue weighted by molar-refractivity contribution is 0.280. The molecule has 0 spiro atoms. The zero-order chi connectivity index (χ0) is 15.2. The van der Waals surface area contributed by atoms with Gasteiger partial charge in [0, 0.05) is 3.57 Å². The first-order valence-electron chi connectivity index (χ1n) is 6.37. The predicted octanol–water partition coefficient (Wildman–Crippen LogP) is 4.45. The monoisotopic (exact) mass is 399 g/mol. The topological polar surface area (TPSA) is 33.0 Å². The summed E-state index contributed by atoms with van der Waals surface area (Å²) >= 11 is 2.20. The van der Waals surface area contributed by atoms with Crippen molar-refractivity contribution in [2.45, 2.75) is 12.8 Å². The van der Waals surface area contributed by atoms with Gasteiger partial charge in [-0.25, -0.2) is 8.78 Å². The molecule has 2 nitrogen and oxygen atoms in total. The Hall–Kier alpha value is -1.68. The lowest BCUT2D eigenvalue weighted by Gasteiger charge is -2.09. The fourth-order valence-electron chi connectivity index (χ4n) is 1.89. The third-order valence-electron chi connectivity index (χ3n) is 2.93. The molecule has 0 aliphatic rings. The fraction of sp³-hybridized carbons (Fsp3) is 0.188. The summed E-state index contributed by atoms with van der Waals surface area (Å²) < 4.78 is 32.9. The van der Waals surface area contributed by atoms with Gasteiger partial charge in [0.2, 0.25) is 0 Å². The number of nitrogens with zero attached hydrogens (tertiary/aromatic N) is 1. The minimum absolute atomic E-state index is 0.213. The summed E-state index contributed by atoms with van der Waals surface area (Å²) in [4.78, 5) is 0. The molecule has 0 aliphatic carbocycles. The Kier molecular flexibility index (Phi) is 5.51. The maximum atomic E-state index is 13.4. The van der Waals surface area contributed by atoms with Crippen molar-refractivity contribution in [3.05, 3.63) is 62.7 Å². The molecule has 0 bridgehead atoms. The highest BCUT2D eigenvalue weighted by Crippen LogP contribution is 2.21. The van der Waals surface area contributed by atoms with E-state index < -0.39 is 11.6 Å². The summed E-state index contributed by atoms with van der Waals surface area (Å²) in [6.45, 7) is 0.213. The molecule has 108 valence electrons. The van der Waals surface area contributed by atoms with Crippen LogP contribution in [-0.2, 0) is 6.42 Å². The van der Waals surface area contributed by atoms with Gasteiger partial charge in [-0.3, -0.25) is 0 Å². The van der Waals surface area contributed by atoms with E-state index in [0.29, 0.717) is 18.4 Å². The van der Waals surface area contributed by atoms with Crippen LogP contribution in [0.3, 0.4) is 0 Å². The van der Waals surface area contributed by atoms with Crippen LogP contribution < -0.4 is 4.74 Å². The van der Waals surface area contributed by atoms with Crippen LogP contribution in [0.5, 0.6) is 5.75 Å². The van der Waals surface area contributed by atoms with Gasteiger partial charge in [0.05, 0.1) is 18.2 Å². The standard InChI is InChI=1S/C16H12F2INO/c17-13-4-1-5-14(18)16(13)21-8-2-3-12-9-11(10-20)6-7-15(12)19/h1,4-7,9H,2-3,8H2. The van der Waals surface area contributed by atoms with Crippen LogP contribution in [0.15, 0.2) is 36.4 Å². The van der Waals surface area contributed by atoms with Crippen molar-refractivity contribution in [3.63, 3.8) is 0 Å². The van der Waals surface area contributed by atoms with E-state index in [1.54, 1.807) is 6.07 Å². The van der Waals surface area contributed by atoms with Crippen LogP contribution in [0.1, 0.15) is 17.5 Å². The molecule has 0 aliphatic heterocycles. The second kappa shape index (κ2) is 7.36. The smallest absolute Gasteiger partial charge is 0.190 e. The molecule has 0 saturated carbocycles. The van der Waals surface area contributed by atoms with E-state index in [9.17, 15) is 8.78 Å². The summed E-state index contributed by atoms with van der Waals surface area (Å²) in [5, 5.41) is 8.87. The van der Waals surface area contributed by atoms with Crippen LogP contribution in [0.25, 0.3) is 0 Å². The average molecular weight is 399 g/mol. The van der Waals surface area contributed by atoms with Crippen molar-refractivity contribution in [3.8, 4) is 11.8 Å². The molecule has 0 heterocycles. The van der Waals surface area contributed by atoms with Gasteiger partial charge in [0.1, 0.15) is 0 Å². The molecule has 2 rings (SSSR count). The second-order valence-electron chi connectivity index (χ2n) is 4.42. The van der Waals surface area contributed by atoms with Crippen LogP contribution in [0.4, 0.5) is 8.78 Å². The van der Waals surface area contributed by atoms with Gasteiger partial charge < -0.3 is 4.74 Å². The number of rotatable bonds is 5. The first kappa shape index (κ1) is 15.7. The Morgan fingerprint density at radius 2 is 1.86 bits per heavy atom. The van der Waals surface area contributed by atoms with Crippen molar-refractivity contribution in [1.29, 1.82) is 5.26 Å². The van der Waals surface area contributed by atoms with Crippen molar-refractivity contribution < 1.29 is 13.5 Å². The number of nitriles is 1. The van der Waals surface area contributed by atoms with Crippen LogP contribution in [0.2, 0.25) is 0 Å². The zero-order valence-electron chi connectivity index (χ0n) is 11.1. The third-order valence-corrected chi connectivity index (χ3v) is 3.98. The normalized spacial score (nSPS) is 10.2. The van der Waals surface area contributed by atoms with Gasteiger partial charge in [-0.1, -0.05) is 6.07 Å². The lowest BCUT2D eigenvalue weighted by atomic mass is 10.1. The van der Waals surface area contributed by atoms with Crippen molar-refractivity contribution in [2.75, 3.05) is 6.61 Å². The van der Waals surface area contributed by atoms with E-state index >= 15 is 0 Å². The summed E-state index contributed by atoms with van der Waals surface area (Å²) in [5.41, 5.74) is 1.64. The second-order valence-corrected chi connectivity index (χ2v) is 5.58. The molecule has 0 radical (unpaired) electrons. The number of para-hydroxylation sites is 1. The van der Waals surface area contributed by atoms with E-state index in [1.807, 2.05) is 12.1 Å². The van der Waals surface area contributed by atoms with Gasteiger partial charge in [-0.2, -0.15) is 5.26 Å². The molecule has 0 amide bonds. The third kappa shape index (κ3) is 4.14. The molecule has 0 atom stereocenters. The molecular weight excluding hydrogens is 387 g/mol. The molecule has 0 N–H and O–H groups in total. The highest BCUT2D eigenvalue weighted by atomic mass is 127. The maximum Gasteiger partial charge on any atom is 0.190 e. The minimum atomic E-state index is -0.698. The average Bonchev–Trinajstić information content (AvgIpc) is 2.47. The predicted molar refractivity (Wildman–Crippen MR) is 84.0 cm³/mol. The minimum Gasteiger partial charge on any atom is -0.488 e. The van der Waals surface area contributed by atoms with Crippen LogP contribution >= 0.6 is 22.6 Å². The number of ether oxygens (including phenoxy) is 1. The van der Waals surface area contributed by atoms with E-state index in [0.717, 1.165) is 21.3 Å². The van der Waals surface area contributed by atoms with Gasteiger partial charge in [-0.05, 0) is 71.3 Å². The van der Waals surface area contributed by atoms with Gasteiger partial charge in [-0.15, -0.1) is 0 Å². The quantitative estimate of drug-likeness (QED) is 0.550. The van der Waals surface area contributed by atoms with Gasteiger partial charge in [0.15, 0.2) is 17.4 Å². The number of aryl methyl sites for hydroxylation is 1. The fourth-order valence-corrected chi connectivity index (χ4v) is 2.50. The number of hydrogen-bond acceptors (Lipinski definition) is 2.